The monoisotopic (exact) mass is 335 g/mol. The van der Waals surface area contributed by atoms with Crippen molar-refractivity contribution in [3.8, 4) is 5.75 Å². The molecule has 2 N–H and O–H groups in total. The fourth-order valence-corrected chi connectivity index (χ4v) is 1.93. The summed E-state index contributed by atoms with van der Waals surface area (Å²) in [6, 6.07) is 3.55. The largest absolute Gasteiger partial charge is 0.482 e. The maximum absolute atomic E-state index is 11.7. The van der Waals surface area contributed by atoms with E-state index >= 15 is 0 Å². The summed E-state index contributed by atoms with van der Waals surface area (Å²) in [4.78, 5) is 22.6. The second kappa shape index (κ2) is 8.71. The Morgan fingerprint density at radius 3 is 2.67 bits per heavy atom. The van der Waals surface area contributed by atoms with Crippen molar-refractivity contribution in [2.75, 3.05) is 20.3 Å². The third-order valence-corrected chi connectivity index (χ3v) is 3.03. The van der Waals surface area contributed by atoms with Gasteiger partial charge in [0.05, 0.1) is 5.02 Å². The molecular weight excluding hydrogens is 321 g/mol. The normalized spacial score (nSPS) is 11.8. The van der Waals surface area contributed by atoms with E-state index in [1.807, 2.05) is 0 Å². The van der Waals surface area contributed by atoms with Crippen LogP contribution in [0.2, 0.25) is 10.0 Å². The van der Waals surface area contributed by atoms with Crippen LogP contribution in [0, 0.1) is 0 Å². The molecular formula is C13H15Cl2NO5. The van der Waals surface area contributed by atoms with Crippen molar-refractivity contribution < 1.29 is 24.2 Å². The van der Waals surface area contributed by atoms with Crippen molar-refractivity contribution >= 4 is 35.1 Å². The maximum Gasteiger partial charge on any atom is 0.326 e. The summed E-state index contributed by atoms with van der Waals surface area (Å²) in [5.41, 5.74) is 0. The number of amides is 1. The number of hydrogen-bond acceptors (Lipinski definition) is 4. The maximum atomic E-state index is 11.7. The lowest BCUT2D eigenvalue weighted by Crippen LogP contribution is -2.43. The predicted molar refractivity (Wildman–Crippen MR) is 78.0 cm³/mol. The molecule has 21 heavy (non-hydrogen) atoms. The number of carbonyl (C=O) groups is 2. The molecule has 1 aromatic carbocycles. The second-order valence-corrected chi connectivity index (χ2v) is 4.95. The Labute approximate surface area is 131 Å². The number of aliphatic carboxylic acids is 1. The molecule has 6 nitrogen and oxygen atoms in total. The van der Waals surface area contributed by atoms with Gasteiger partial charge in [0, 0.05) is 25.2 Å². The first-order valence-electron chi connectivity index (χ1n) is 6.03. The highest BCUT2D eigenvalue weighted by Gasteiger charge is 2.19. The molecule has 0 fully saturated rings. The summed E-state index contributed by atoms with van der Waals surface area (Å²) < 4.78 is 10.00. The van der Waals surface area contributed by atoms with Gasteiger partial charge in [-0.1, -0.05) is 23.2 Å². The van der Waals surface area contributed by atoms with Crippen LogP contribution in [-0.4, -0.2) is 43.3 Å². The molecule has 0 aromatic heterocycles. The molecule has 1 rings (SSSR count). The molecule has 0 heterocycles. The number of hydrogen-bond donors (Lipinski definition) is 2. The zero-order valence-electron chi connectivity index (χ0n) is 11.3. The van der Waals surface area contributed by atoms with E-state index in [1.54, 1.807) is 6.07 Å². The molecule has 1 unspecified atom stereocenters. The number of rotatable bonds is 8. The van der Waals surface area contributed by atoms with Crippen LogP contribution in [0.4, 0.5) is 0 Å². The van der Waals surface area contributed by atoms with Crippen LogP contribution in [0.15, 0.2) is 18.2 Å². The molecule has 1 atom stereocenters. The molecule has 0 bridgehead atoms. The van der Waals surface area contributed by atoms with Crippen molar-refractivity contribution in [1.29, 1.82) is 0 Å². The molecule has 116 valence electrons. The Balaban J connectivity index is 2.50. The molecule has 0 radical (unpaired) electrons. The van der Waals surface area contributed by atoms with Gasteiger partial charge >= 0.3 is 5.97 Å². The lowest BCUT2D eigenvalue weighted by Gasteiger charge is -2.14. The average Bonchev–Trinajstić information content (AvgIpc) is 2.42. The van der Waals surface area contributed by atoms with E-state index in [1.165, 1.54) is 19.2 Å². The van der Waals surface area contributed by atoms with Crippen molar-refractivity contribution in [2.45, 2.75) is 12.5 Å². The second-order valence-electron chi connectivity index (χ2n) is 4.10. The number of carboxylic acid groups (broad SMARTS) is 1. The molecule has 0 saturated carbocycles. The van der Waals surface area contributed by atoms with Crippen LogP contribution >= 0.6 is 23.2 Å². The first-order chi connectivity index (χ1) is 9.93. The summed E-state index contributed by atoms with van der Waals surface area (Å²) >= 11 is 11.6. The van der Waals surface area contributed by atoms with Gasteiger partial charge in [-0.25, -0.2) is 4.79 Å². The van der Waals surface area contributed by atoms with E-state index in [2.05, 4.69) is 5.32 Å². The van der Waals surface area contributed by atoms with Crippen molar-refractivity contribution in [1.82, 2.24) is 5.32 Å². The molecule has 0 aliphatic heterocycles. The van der Waals surface area contributed by atoms with Crippen molar-refractivity contribution in [3.05, 3.63) is 28.2 Å². The van der Waals surface area contributed by atoms with Gasteiger partial charge < -0.3 is 19.9 Å². The van der Waals surface area contributed by atoms with Crippen LogP contribution in [0.5, 0.6) is 5.75 Å². The van der Waals surface area contributed by atoms with Crippen LogP contribution in [0.25, 0.3) is 0 Å². The van der Waals surface area contributed by atoms with E-state index in [-0.39, 0.29) is 24.7 Å². The van der Waals surface area contributed by atoms with Gasteiger partial charge in [-0.05, 0) is 18.2 Å². The van der Waals surface area contributed by atoms with E-state index in [0.717, 1.165) is 0 Å². The van der Waals surface area contributed by atoms with E-state index in [9.17, 15) is 9.59 Å². The molecule has 0 spiro atoms. The highest BCUT2D eigenvalue weighted by molar-refractivity contribution is 6.35. The minimum atomic E-state index is -1.13. The van der Waals surface area contributed by atoms with Crippen LogP contribution in [-0.2, 0) is 14.3 Å². The SMILES string of the molecule is COCCC(NC(=O)COc1ccc(Cl)cc1Cl)C(=O)O. The zero-order valence-corrected chi connectivity index (χ0v) is 12.8. The van der Waals surface area contributed by atoms with Gasteiger partial charge in [-0.3, -0.25) is 4.79 Å². The third kappa shape index (κ3) is 6.20. The van der Waals surface area contributed by atoms with Gasteiger partial charge in [-0.2, -0.15) is 0 Å². The standard InChI is InChI=1S/C13H15Cl2NO5/c1-20-5-4-10(13(18)19)16-12(17)7-21-11-3-2-8(14)6-9(11)15/h2-3,6,10H,4-5,7H2,1H3,(H,16,17)(H,18,19). The van der Waals surface area contributed by atoms with Gasteiger partial charge in [0.1, 0.15) is 11.8 Å². The van der Waals surface area contributed by atoms with Crippen LogP contribution in [0.3, 0.4) is 0 Å². The van der Waals surface area contributed by atoms with Gasteiger partial charge in [0.15, 0.2) is 6.61 Å². The highest BCUT2D eigenvalue weighted by atomic mass is 35.5. The Kier molecular flexibility index (Phi) is 7.28. The number of carboxylic acids is 1. The summed E-state index contributed by atoms with van der Waals surface area (Å²) in [5, 5.41) is 12.0. The molecule has 8 heteroatoms. The quantitative estimate of drug-likeness (QED) is 0.758. The number of carbonyl (C=O) groups excluding carboxylic acids is 1. The van der Waals surface area contributed by atoms with Crippen molar-refractivity contribution in [2.24, 2.45) is 0 Å². The summed E-state index contributed by atoms with van der Waals surface area (Å²) in [6.07, 6.45) is 0.166. The fraction of sp³-hybridized carbons (Fsp3) is 0.385. The Hall–Kier alpha value is -1.50. The minimum absolute atomic E-state index is 0.166. The lowest BCUT2D eigenvalue weighted by molar-refractivity contribution is -0.142. The third-order valence-electron chi connectivity index (χ3n) is 2.50. The topological polar surface area (TPSA) is 84.9 Å². The predicted octanol–water partition coefficient (Wildman–Crippen LogP) is 1.98. The number of nitrogens with one attached hydrogen (secondary N) is 1. The Morgan fingerprint density at radius 2 is 2.10 bits per heavy atom. The zero-order chi connectivity index (χ0) is 15.8. The molecule has 1 aromatic rings. The number of benzene rings is 1. The molecule has 1 amide bonds. The van der Waals surface area contributed by atoms with Crippen molar-refractivity contribution in [3.63, 3.8) is 0 Å². The first-order valence-corrected chi connectivity index (χ1v) is 6.78. The van der Waals surface area contributed by atoms with Gasteiger partial charge in [0.2, 0.25) is 0 Å². The van der Waals surface area contributed by atoms with E-state index in [0.29, 0.717) is 10.8 Å². The lowest BCUT2D eigenvalue weighted by atomic mass is 10.2. The number of methoxy groups -OCH3 is 1. The summed E-state index contributed by atoms with van der Waals surface area (Å²) in [5.74, 6) is -1.41. The number of halogens is 2. The van der Waals surface area contributed by atoms with Gasteiger partial charge in [-0.15, -0.1) is 0 Å². The molecule has 0 aliphatic carbocycles. The minimum Gasteiger partial charge on any atom is -0.482 e. The van der Waals surface area contributed by atoms with E-state index < -0.39 is 17.9 Å². The Bertz CT molecular complexity index is 509. The van der Waals surface area contributed by atoms with E-state index in [4.69, 9.17) is 37.8 Å². The van der Waals surface area contributed by atoms with Crippen LogP contribution in [0.1, 0.15) is 6.42 Å². The highest BCUT2D eigenvalue weighted by Crippen LogP contribution is 2.27. The van der Waals surface area contributed by atoms with Crippen LogP contribution < -0.4 is 10.1 Å². The molecule has 0 saturated heterocycles. The summed E-state index contributed by atoms with van der Waals surface area (Å²) in [6.45, 7) is -0.126. The smallest absolute Gasteiger partial charge is 0.326 e. The Morgan fingerprint density at radius 1 is 1.38 bits per heavy atom. The number of ether oxygens (including phenoxy) is 2. The molecule has 0 aliphatic rings. The average molecular weight is 336 g/mol. The van der Waals surface area contributed by atoms with Gasteiger partial charge in [0.25, 0.3) is 5.91 Å². The fourth-order valence-electron chi connectivity index (χ4n) is 1.46. The summed E-state index contributed by atoms with van der Waals surface area (Å²) in [7, 11) is 1.45. The first kappa shape index (κ1) is 17.6.